The van der Waals surface area contributed by atoms with Crippen molar-refractivity contribution in [3.63, 3.8) is 0 Å². The fraction of sp³-hybridized carbons (Fsp3) is 0.333. The third kappa shape index (κ3) is 6.13. The van der Waals surface area contributed by atoms with Crippen LogP contribution in [0.4, 0.5) is 14.5 Å². The van der Waals surface area contributed by atoms with Crippen molar-refractivity contribution >= 4 is 34.9 Å². The average Bonchev–Trinajstić information content (AvgIpc) is 3.60. The van der Waals surface area contributed by atoms with E-state index in [9.17, 15) is 18.4 Å². The number of hydrogen-bond acceptors (Lipinski definition) is 9. The van der Waals surface area contributed by atoms with Crippen LogP contribution in [0.15, 0.2) is 53.9 Å². The topological polar surface area (TPSA) is 134 Å². The summed E-state index contributed by atoms with van der Waals surface area (Å²) in [6, 6.07) is 6.45. The summed E-state index contributed by atoms with van der Waals surface area (Å²) >= 11 is 1.40. The number of aromatic nitrogens is 5. The molecule has 0 spiro atoms. The number of likely N-dealkylation sites (tertiary alicyclic amines) is 1. The quantitative estimate of drug-likeness (QED) is 0.175. The number of benzene rings is 1. The van der Waals surface area contributed by atoms with Gasteiger partial charge in [-0.25, -0.2) is 9.50 Å². The number of carbonyl (C=O) groups is 2. The molecule has 218 valence electrons. The SMILES string of the molecule is CSc1ccc(OC(F)F)c(-c2nn(CC(=O)N3CCC(N(C)C#N)CC3)cc2NC(=O)c2cnn3cccnc23)c1. The van der Waals surface area contributed by atoms with Gasteiger partial charge in [-0.15, -0.1) is 11.8 Å². The molecular formula is C27H27F2N9O3S. The number of amides is 2. The van der Waals surface area contributed by atoms with Crippen LogP contribution >= 0.6 is 11.8 Å². The summed E-state index contributed by atoms with van der Waals surface area (Å²) in [4.78, 5) is 34.8. The zero-order valence-corrected chi connectivity index (χ0v) is 23.6. The Morgan fingerprint density at radius 3 is 2.81 bits per heavy atom. The van der Waals surface area contributed by atoms with E-state index in [4.69, 9.17) is 10.00 Å². The highest BCUT2D eigenvalue weighted by atomic mass is 32.2. The van der Waals surface area contributed by atoms with E-state index in [1.807, 2.05) is 6.26 Å². The van der Waals surface area contributed by atoms with Gasteiger partial charge in [0.05, 0.1) is 11.9 Å². The number of ether oxygens (including phenoxy) is 1. The van der Waals surface area contributed by atoms with E-state index in [1.54, 1.807) is 41.2 Å². The van der Waals surface area contributed by atoms with Gasteiger partial charge < -0.3 is 19.9 Å². The van der Waals surface area contributed by atoms with E-state index < -0.39 is 12.5 Å². The summed E-state index contributed by atoms with van der Waals surface area (Å²) in [5, 5.41) is 20.6. The molecule has 15 heteroatoms. The highest BCUT2D eigenvalue weighted by molar-refractivity contribution is 7.98. The Morgan fingerprint density at radius 1 is 1.31 bits per heavy atom. The minimum absolute atomic E-state index is 0.0727. The molecule has 5 rings (SSSR count). The number of nitriles is 1. The molecule has 1 aliphatic rings. The molecule has 0 aliphatic carbocycles. The number of nitrogens with zero attached hydrogens (tertiary/aromatic N) is 8. The molecule has 0 radical (unpaired) electrons. The smallest absolute Gasteiger partial charge is 0.387 e. The molecule has 4 heterocycles. The van der Waals surface area contributed by atoms with E-state index in [0.717, 1.165) is 4.90 Å². The number of thioether (sulfide) groups is 1. The van der Waals surface area contributed by atoms with Crippen LogP contribution in [0.1, 0.15) is 23.2 Å². The fourth-order valence-corrected chi connectivity index (χ4v) is 5.25. The van der Waals surface area contributed by atoms with Crippen molar-refractivity contribution in [2.24, 2.45) is 0 Å². The molecule has 1 aliphatic heterocycles. The van der Waals surface area contributed by atoms with E-state index in [0.29, 0.717) is 31.6 Å². The van der Waals surface area contributed by atoms with Crippen molar-refractivity contribution in [3.8, 4) is 23.2 Å². The molecule has 42 heavy (non-hydrogen) atoms. The standard InChI is InChI=1S/C27H27F2N9O3S/c1-35(16-30)17-6-10-36(11-7-17)23(39)15-37-14-21(33-26(40)20-13-32-38-9-3-8-31-25(20)38)24(34-37)19-12-18(42-2)4-5-22(19)41-27(28)29/h3-5,8-9,12-14,17,27H,6-7,10-11,15H2,1-2H3,(H,33,40). The maximum atomic E-state index is 13.3. The van der Waals surface area contributed by atoms with Crippen LogP contribution in [0.25, 0.3) is 16.9 Å². The van der Waals surface area contributed by atoms with E-state index in [-0.39, 0.29) is 46.8 Å². The van der Waals surface area contributed by atoms with Gasteiger partial charge in [0.25, 0.3) is 5.91 Å². The van der Waals surface area contributed by atoms with Crippen molar-refractivity contribution in [2.75, 3.05) is 31.7 Å². The largest absolute Gasteiger partial charge is 0.434 e. The lowest BCUT2D eigenvalue weighted by atomic mass is 10.0. The molecule has 12 nitrogen and oxygen atoms in total. The van der Waals surface area contributed by atoms with Gasteiger partial charge in [0.1, 0.15) is 23.6 Å². The van der Waals surface area contributed by atoms with Crippen LogP contribution in [-0.2, 0) is 11.3 Å². The second kappa shape index (κ2) is 12.4. The highest BCUT2D eigenvalue weighted by Crippen LogP contribution is 2.38. The zero-order valence-electron chi connectivity index (χ0n) is 22.8. The van der Waals surface area contributed by atoms with Gasteiger partial charge in [-0.1, -0.05) is 0 Å². The van der Waals surface area contributed by atoms with Crippen LogP contribution in [-0.4, -0.2) is 85.0 Å². The Hall–Kier alpha value is -4.71. The Morgan fingerprint density at radius 2 is 2.10 bits per heavy atom. The molecule has 1 aromatic carbocycles. The van der Waals surface area contributed by atoms with E-state index >= 15 is 0 Å². The summed E-state index contributed by atoms with van der Waals surface area (Å²) in [6.45, 7) is -2.26. The summed E-state index contributed by atoms with van der Waals surface area (Å²) in [6.07, 6.45) is 11.3. The molecule has 1 fully saturated rings. The van der Waals surface area contributed by atoms with Crippen molar-refractivity contribution in [1.29, 1.82) is 5.26 Å². The van der Waals surface area contributed by atoms with Gasteiger partial charge in [0.15, 0.2) is 11.8 Å². The molecule has 2 amide bonds. The van der Waals surface area contributed by atoms with Gasteiger partial charge in [-0.2, -0.15) is 24.2 Å². The van der Waals surface area contributed by atoms with Crippen molar-refractivity contribution in [1.82, 2.24) is 34.2 Å². The van der Waals surface area contributed by atoms with Crippen LogP contribution < -0.4 is 10.1 Å². The Kier molecular flexibility index (Phi) is 8.53. The summed E-state index contributed by atoms with van der Waals surface area (Å²) in [7, 11) is 1.73. The maximum absolute atomic E-state index is 13.3. The molecule has 0 atom stereocenters. The Labute approximate surface area is 243 Å². The predicted octanol–water partition coefficient (Wildman–Crippen LogP) is 3.57. The van der Waals surface area contributed by atoms with Gasteiger partial charge in [-0.05, 0) is 43.4 Å². The number of carbonyl (C=O) groups excluding carboxylic acids is 2. The van der Waals surface area contributed by atoms with Crippen LogP contribution in [0.5, 0.6) is 5.75 Å². The summed E-state index contributed by atoms with van der Waals surface area (Å²) in [5.41, 5.74) is 1.09. The highest BCUT2D eigenvalue weighted by Gasteiger charge is 2.27. The second-order valence-corrected chi connectivity index (χ2v) is 10.4. The number of fused-ring (bicyclic) bond motifs is 1. The Balaban J connectivity index is 1.46. The van der Waals surface area contributed by atoms with Crippen molar-refractivity contribution < 1.29 is 23.1 Å². The fourth-order valence-electron chi connectivity index (χ4n) is 4.81. The summed E-state index contributed by atoms with van der Waals surface area (Å²) in [5.74, 6) is -0.873. The number of rotatable bonds is 9. The van der Waals surface area contributed by atoms with Crippen LogP contribution in [0.2, 0.25) is 0 Å². The lowest BCUT2D eigenvalue weighted by Crippen LogP contribution is -2.45. The molecule has 0 unspecified atom stereocenters. The number of nitrogens with one attached hydrogen (secondary N) is 1. The van der Waals surface area contributed by atoms with Gasteiger partial charge in [-0.3, -0.25) is 14.3 Å². The molecule has 0 saturated carbocycles. The number of hydrogen-bond donors (Lipinski definition) is 1. The third-order valence-corrected chi connectivity index (χ3v) is 7.74. The zero-order chi connectivity index (χ0) is 29.8. The third-order valence-electron chi connectivity index (χ3n) is 7.01. The first kappa shape index (κ1) is 28.8. The van der Waals surface area contributed by atoms with E-state index in [1.165, 1.54) is 45.6 Å². The molecule has 3 aromatic heterocycles. The number of halogens is 2. The molecule has 1 N–H and O–H groups in total. The Bertz CT molecular complexity index is 1640. The van der Waals surface area contributed by atoms with Gasteiger partial charge >= 0.3 is 6.61 Å². The lowest BCUT2D eigenvalue weighted by molar-refractivity contribution is -0.133. The second-order valence-electron chi connectivity index (χ2n) is 9.55. The van der Waals surface area contributed by atoms with Gasteiger partial charge in [0.2, 0.25) is 5.91 Å². The van der Waals surface area contributed by atoms with Crippen LogP contribution in [0.3, 0.4) is 0 Å². The molecule has 1 saturated heterocycles. The predicted molar refractivity (Wildman–Crippen MR) is 150 cm³/mol. The average molecular weight is 596 g/mol. The maximum Gasteiger partial charge on any atom is 0.387 e. The first-order chi connectivity index (χ1) is 20.3. The summed E-state index contributed by atoms with van der Waals surface area (Å²) < 4.78 is 34.2. The lowest BCUT2D eigenvalue weighted by Gasteiger charge is -2.34. The van der Waals surface area contributed by atoms with Crippen molar-refractivity contribution in [2.45, 2.75) is 36.9 Å². The minimum Gasteiger partial charge on any atom is -0.434 e. The molecule has 0 bridgehead atoms. The normalized spacial score (nSPS) is 13.8. The molecular weight excluding hydrogens is 568 g/mol. The van der Waals surface area contributed by atoms with E-state index in [2.05, 4.69) is 26.7 Å². The van der Waals surface area contributed by atoms with Crippen LogP contribution in [0, 0.1) is 11.5 Å². The first-order valence-electron chi connectivity index (χ1n) is 13.0. The number of piperidine rings is 1. The monoisotopic (exact) mass is 595 g/mol. The van der Waals surface area contributed by atoms with Crippen molar-refractivity contribution in [3.05, 3.63) is 54.6 Å². The minimum atomic E-state index is -3.08. The van der Waals surface area contributed by atoms with Gasteiger partial charge in [0, 0.05) is 55.2 Å². The molecule has 4 aromatic rings. The first-order valence-corrected chi connectivity index (χ1v) is 14.2. The number of anilines is 1. The number of alkyl halides is 2.